The Morgan fingerprint density at radius 3 is 2.62 bits per heavy atom. The van der Waals surface area contributed by atoms with Crippen LogP contribution in [0.25, 0.3) is 22.4 Å². The van der Waals surface area contributed by atoms with Crippen LogP contribution in [0.3, 0.4) is 0 Å². The van der Waals surface area contributed by atoms with E-state index in [4.69, 9.17) is 4.74 Å². The fraction of sp³-hybridized carbons (Fsp3) is 0.0952. The van der Waals surface area contributed by atoms with Crippen molar-refractivity contribution in [3.05, 3.63) is 83.9 Å². The number of imidazole rings is 1. The highest BCUT2D eigenvalue weighted by molar-refractivity contribution is 5.80. The van der Waals surface area contributed by atoms with E-state index < -0.39 is 0 Å². The molecule has 4 rings (SSSR count). The molecule has 1 heterocycles. The van der Waals surface area contributed by atoms with Crippen molar-refractivity contribution in [2.75, 3.05) is 0 Å². The number of rotatable bonds is 4. The van der Waals surface area contributed by atoms with E-state index in [9.17, 15) is 0 Å². The van der Waals surface area contributed by atoms with Gasteiger partial charge in [0.15, 0.2) is 0 Å². The van der Waals surface area contributed by atoms with Gasteiger partial charge in [0.25, 0.3) is 0 Å². The second-order valence-electron chi connectivity index (χ2n) is 5.88. The van der Waals surface area contributed by atoms with E-state index >= 15 is 0 Å². The standard InChI is InChI=1S/C21H18N2O/c1-15-7-6-8-16(13-15)14-24-20-12-5-2-9-17(20)21-22-18-10-3-4-11-19(18)23-21/h2-13H,14H2,1H3,(H,22,23). The lowest BCUT2D eigenvalue weighted by Gasteiger charge is -2.10. The Morgan fingerprint density at radius 2 is 1.75 bits per heavy atom. The Labute approximate surface area is 140 Å². The number of aromatic nitrogens is 2. The van der Waals surface area contributed by atoms with Crippen molar-refractivity contribution >= 4 is 11.0 Å². The molecular formula is C21H18N2O. The summed E-state index contributed by atoms with van der Waals surface area (Å²) >= 11 is 0. The Hall–Kier alpha value is -3.07. The van der Waals surface area contributed by atoms with Gasteiger partial charge < -0.3 is 9.72 Å². The van der Waals surface area contributed by atoms with Gasteiger partial charge in [-0.25, -0.2) is 4.98 Å². The molecule has 24 heavy (non-hydrogen) atoms. The number of aryl methyl sites for hydroxylation is 1. The fourth-order valence-corrected chi connectivity index (χ4v) is 2.83. The first-order chi connectivity index (χ1) is 11.8. The molecule has 0 aliphatic heterocycles. The van der Waals surface area contributed by atoms with Gasteiger partial charge in [0, 0.05) is 0 Å². The summed E-state index contributed by atoms with van der Waals surface area (Å²) in [4.78, 5) is 8.05. The van der Waals surface area contributed by atoms with Crippen LogP contribution in [-0.4, -0.2) is 9.97 Å². The minimum absolute atomic E-state index is 0.541. The third-order valence-electron chi connectivity index (χ3n) is 4.01. The molecule has 0 bridgehead atoms. The molecule has 4 aromatic rings. The Kier molecular flexibility index (Phi) is 3.75. The quantitative estimate of drug-likeness (QED) is 0.568. The summed E-state index contributed by atoms with van der Waals surface area (Å²) in [5, 5.41) is 0. The van der Waals surface area contributed by atoms with Gasteiger partial charge in [0.05, 0.1) is 16.6 Å². The van der Waals surface area contributed by atoms with Gasteiger partial charge >= 0.3 is 0 Å². The Bertz CT molecular complexity index is 955. The molecule has 0 fully saturated rings. The summed E-state index contributed by atoms with van der Waals surface area (Å²) in [6, 6.07) is 24.4. The zero-order valence-electron chi connectivity index (χ0n) is 13.5. The molecule has 118 valence electrons. The number of para-hydroxylation sites is 3. The number of ether oxygens (including phenoxy) is 1. The molecule has 0 saturated carbocycles. The molecule has 0 unspecified atom stereocenters. The van der Waals surface area contributed by atoms with Crippen molar-refractivity contribution in [1.82, 2.24) is 9.97 Å². The normalized spacial score (nSPS) is 10.9. The van der Waals surface area contributed by atoms with Gasteiger partial charge in [-0.1, -0.05) is 54.1 Å². The Morgan fingerprint density at radius 1 is 0.917 bits per heavy atom. The molecule has 0 atom stereocenters. The molecule has 1 N–H and O–H groups in total. The predicted octanol–water partition coefficient (Wildman–Crippen LogP) is 5.12. The van der Waals surface area contributed by atoms with Crippen LogP contribution >= 0.6 is 0 Å². The van der Waals surface area contributed by atoms with Crippen LogP contribution in [0, 0.1) is 6.92 Å². The number of H-pyrrole nitrogens is 1. The van der Waals surface area contributed by atoms with Crippen molar-refractivity contribution in [2.45, 2.75) is 13.5 Å². The van der Waals surface area contributed by atoms with Crippen LogP contribution < -0.4 is 4.74 Å². The monoisotopic (exact) mass is 314 g/mol. The van der Waals surface area contributed by atoms with Crippen LogP contribution in [0.5, 0.6) is 5.75 Å². The second-order valence-corrected chi connectivity index (χ2v) is 5.88. The first kappa shape index (κ1) is 14.5. The minimum Gasteiger partial charge on any atom is -0.488 e. The lowest BCUT2D eigenvalue weighted by atomic mass is 10.1. The summed E-state index contributed by atoms with van der Waals surface area (Å²) in [5.41, 5.74) is 5.36. The van der Waals surface area contributed by atoms with Gasteiger partial charge in [0.1, 0.15) is 18.2 Å². The number of aromatic amines is 1. The largest absolute Gasteiger partial charge is 0.488 e. The molecule has 3 nitrogen and oxygen atoms in total. The molecule has 1 aromatic heterocycles. The molecule has 0 aliphatic carbocycles. The van der Waals surface area contributed by atoms with Crippen LogP contribution in [0.15, 0.2) is 72.8 Å². The number of hydrogen-bond acceptors (Lipinski definition) is 2. The third-order valence-corrected chi connectivity index (χ3v) is 4.01. The number of nitrogens with zero attached hydrogens (tertiary/aromatic N) is 1. The highest BCUT2D eigenvalue weighted by atomic mass is 16.5. The van der Waals surface area contributed by atoms with Crippen molar-refractivity contribution in [1.29, 1.82) is 0 Å². The second kappa shape index (κ2) is 6.20. The van der Waals surface area contributed by atoms with Crippen LogP contribution in [0.1, 0.15) is 11.1 Å². The van der Waals surface area contributed by atoms with Gasteiger partial charge in [-0.05, 0) is 36.8 Å². The topological polar surface area (TPSA) is 37.9 Å². The van der Waals surface area contributed by atoms with E-state index in [0.29, 0.717) is 6.61 Å². The van der Waals surface area contributed by atoms with Gasteiger partial charge in [-0.3, -0.25) is 0 Å². The highest BCUT2D eigenvalue weighted by Crippen LogP contribution is 2.29. The zero-order valence-corrected chi connectivity index (χ0v) is 13.5. The maximum Gasteiger partial charge on any atom is 0.142 e. The van der Waals surface area contributed by atoms with E-state index in [1.165, 1.54) is 5.56 Å². The maximum absolute atomic E-state index is 6.07. The molecule has 3 heteroatoms. The summed E-state index contributed by atoms with van der Waals surface area (Å²) in [6.07, 6.45) is 0. The maximum atomic E-state index is 6.07. The molecule has 3 aromatic carbocycles. The fourth-order valence-electron chi connectivity index (χ4n) is 2.83. The van der Waals surface area contributed by atoms with Gasteiger partial charge in [-0.2, -0.15) is 0 Å². The number of hydrogen-bond donors (Lipinski definition) is 1. The van der Waals surface area contributed by atoms with Crippen LogP contribution in [0.2, 0.25) is 0 Å². The van der Waals surface area contributed by atoms with E-state index in [1.54, 1.807) is 0 Å². The predicted molar refractivity (Wildman–Crippen MR) is 97.0 cm³/mol. The highest BCUT2D eigenvalue weighted by Gasteiger charge is 2.10. The summed E-state index contributed by atoms with van der Waals surface area (Å²) < 4.78 is 6.07. The first-order valence-electron chi connectivity index (χ1n) is 8.02. The van der Waals surface area contributed by atoms with Crippen LogP contribution in [-0.2, 0) is 6.61 Å². The van der Waals surface area contributed by atoms with E-state index in [2.05, 4.69) is 41.2 Å². The molecule has 0 aliphatic rings. The summed E-state index contributed by atoms with van der Waals surface area (Å²) in [6.45, 7) is 2.63. The smallest absolute Gasteiger partial charge is 0.142 e. The Balaban J connectivity index is 1.65. The van der Waals surface area contributed by atoms with Gasteiger partial charge in [-0.15, -0.1) is 0 Å². The number of nitrogens with one attached hydrogen (secondary N) is 1. The van der Waals surface area contributed by atoms with E-state index in [1.807, 2.05) is 48.5 Å². The zero-order chi connectivity index (χ0) is 16.4. The SMILES string of the molecule is Cc1cccc(COc2ccccc2-c2nc3ccccc3[nH]2)c1. The van der Waals surface area contributed by atoms with Crippen molar-refractivity contribution in [3.8, 4) is 17.1 Å². The van der Waals surface area contributed by atoms with Crippen LogP contribution in [0.4, 0.5) is 0 Å². The third kappa shape index (κ3) is 2.88. The molecule has 0 amide bonds. The van der Waals surface area contributed by atoms with E-state index in [-0.39, 0.29) is 0 Å². The number of fused-ring (bicyclic) bond motifs is 1. The molecule has 0 saturated heterocycles. The molecule has 0 spiro atoms. The molecular weight excluding hydrogens is 296 g/mol. The van der Waals surface area contributed by atoms with Crippen molar-refractivity contribution in [2.24, 2.45) is 0 Å². The van der Waals surface area contributed by atoms with E-state index in [0.717, 1.165) is 33.7 Å². The summed E-state index contributed by atoms with van der Waals surface area (Å²) in [7, 11) is 0. The molecule has 0 radical (unpaired) electrons. The van der Waals surface area contributed by atoms with Gasteiger partial charge in [0.2, 0.25) is 0 Å². The lowest BCUT2D eigenvalue weighted by Crippen LogP contribution is -1.97. The number of benzene rings is 3. The lowest BCUT2D eigenvalue weighted by molar-refractivity contribution is 0.307. The van der Waals surface area contributed by atoms with Crippen molar-refractivity contribution in [3.63, 3.8) is 0 Å². The average Bonchev–Trinajstić information content (AvgIpc) is 3.04. The average molecular weight is 314 g/mol. The summed E-state index contributed by atoms with van der Waals surface area (Å²) in [5.74, 6) is 1.66. The van der Waals surface area contributed by atoms with Crippen molar-refractivity contribution < 1.29 is 4.74 Å². The first-order valence-corrected chi connectivity index (χ1v) is 8.02. The minimum atomic E-state index is 0.541.